The summed E-state index contributed by atoms with van der Waals surface area (Å²) in [7, 11) is 0. The highest BCUT2D eigenvalue weighted by molar-refractivity contribution is 5.78. The second kappa shape index (κ2) is 2.64. The number of amides is 2. The van der Waals surface area contributed by atoms with Crippen LogP contribution >= 0.6 is 0 Å². The van der Waals surface area contributed by atoms with Crippen molar-refractivity contribution < 1.29 is 4.79 Å². The minimum absolute atomic E-state index is 0.154. The molecule has 0 atom stereocenters. The van der Waals surface area contributed by atoms with Crippen molar-refractivity contribution in [1.82, 2.24) is 10.2 Å². The largest absolute Gasteiger partial charge is 0.331 e. The van der Waals surface area contributed by atoms with Gasteiger partial charge in [-0.3, -0.25) is 0 Å². The fraction of sp³-hybridized carbons (Fsp3) is 0.889. The Hall–Kier alpha value is -0.730. The van der Waals surface area contributed by atoms with Crippen molar-refractivity contribution in [3.8, 4) is 0 Å². The summed E-state index contributed by atoms with van der Waals surface area (Å²) >= 11 is 0. The van der Waals surface area contributed by atoms with Gasteiger partial charge in [0, 0.05) is 13.1 Å². The standard InChI is InChI=1S/C9H16N2O/c1-2-3-6-11-7-9(4-5-9)10-8(11)12/h2-7H2,1H3,(H,10,12). The summed E-state index contributed by atoms with van der Waals surface area (Å²) in [6.07, 6.45) is 4.66. The second-order valence-corrected chi connectivity index (χ2v) is 3.99. The van der Waals surface area contributed by atoms with E-state index in [-0.39, 0.29) is 11.6 Å². The van der Waals surface area contributed by atoms with Gasteiger partial charge in [0.15, 0.2) is 0 Å². The van der Waals surface area contributed by atoms with E-state index >= 15 is 0 Å². The number of urea groups is 1. The lowest BCUT2D eigenvalue weighted by molar-refractivity contribution is 0.216. The molecule has 1 N–H and O–H groups in total. The zero-order valence-electron chi connectivity index (χ0n) is 7.60. The molecule has 3 heteroatoms. The van der Waals surface area contributed by atoms with Crippen molar-refractivity contribution >= 4 is 6.03 Å². The highest BCUT2D eigenvalue weighted by Crippen LogP contribution is 2.39. The van der Waals surface area contributed by atoms with Crippen LogP contribution in [-0.2, 0) is 0 Å². The molecule has 2 fully saturated rings. The van der Waals surface area contributed by atoms with Crippen LogP contribution in [0.15, 0.2) is 0 Å². The lowest BCUT2D eigenvalue weighted by Gasteiger charge is -2.12. The van der Waals surface area contributed by atoms with Gasteiger partial charge >= 0.3 is 6.03 Å². The van der Waals surface area contributed by atoms with E-state index in [9.17, 15) is 4.79 Å². The number of carbonyl (C=O) groups is 1. The van der Waals surface area contributed by atoms with Gasteiger partial charge in [0.25, 0.3) is 0 Å². The van der Waals surface area contributed by atoms with Gasteiger partial charge in [-0.1, -0.05) is 13.3 Å². The number of unbranched alkanes of at least 4 members (excludes halogenated alkanes) is 1. The molecule has 0 unspecified atom stereocenters. The van der Waals surface area contributed by atoms with Gasteiger partial charge in [0.2, 0.25) is 0 Å². The molecule has 0 radical (unpaired) electrons. The third-order valence-corrected chi connectivity index (χ3v) is 2.79. The van der Waals surface area contributed by atoms with Gasteiger partial charge in [-0.25, -0.2) is 4.79 Å². The van der Waals surface area contributed by atoms with Gasteiger partial charge in [-0.15, -0.1) is 0 Å². The number of hydrogen-bond acceptors (Lipinski definition) is 1. The molecule has 12 heavy (non-hydrogen) atoms. The Kier molecular flexibility index (Phi) is 1.74. The molecular formula is C9H16N2O. The van der Waals surface area contributed by atoms with Crippen molar-refractivity contribution in [3.63, 3.8) is 0 Å². The van der Waals surface area contributed by atoms with E-state index in [1.807, 2.05) is 4.90 Å². The molecular weight excluding hydrogens is 152 g/mol. The van der Waals surface area contributed by atoms with Gasteiger partial charge < -0.3 is 10.2 Å². The van der Waals surface area contributed by atoms with Crippen LogP contribution < -0.4 is 5.32 Å². The molecule has 68 valence electrons. The smallest absolute Gasteiger partial charge is 0.317 e. The molecule has 0 bridgehead atoms. The van der Waals surface area contributed by atoms with Gasteiger partial charge in [0.1, 0.15) is 0 Å². The average molecular weight is 168 g/mol. The topological polar surface area (TPSA) is 32.3 Å². The average Bonchev–Trinajstić information content (AvgIpc) is 2.70. The highest BCUT2D eigenvalue weighted by Gasteiger charge is 2.51. The van der Waals surface area contributed by atoms with Crippen LogP contribution in [0.3, 0.4) is 0 Å². The number of carbonyl (C=O) groups excluding carboxylic acids is 1. The Morgan fingerprint density at radius 3 is 2.83 bits per heavy atom. The van der Waals surface area contributed by atoms with E-state index in [1.165, 1.54) is 12.8 Å². The van der Waals surface area contributed by atoms with Crippen molar-refractivity contribution in [2.45, 2.75) is 38.1 Å². The molecule has 1 saturated heterocycles. The number of nitrogens with one attached hydrogen (secondary N) is 1. The Morgan fingerprint density at radius 2 is 2.33 bits per heavy atom. The van der Waals surface area contributed by atoms with Gasteiger partial charge in [-0.2, -0.15) is 0 Å². The van der Waals surface area contributed by atoms with Crippen molar-refractivity contribution in [3.05, 3.63) is 0 Å². The zero-order chi connectivity index (χ0) is 8.60. The Morgan fingerprint density at radius 1 is 1.58 bits per heavy atom. The van der Waals surface area contributed by atoms with Crippen LogP contribution in [0.1, 0.15) is 32.6 Å². The van der Waals surface area contributed by atoms with Crippen LogP contribution in [0.4, 0.5) is 4.79 Å². The molecule has 1 aliphatic heterocycles. The molecule has 0 aromatic rings. The monoisotopic (exact) mass is 168 g/mol. The van der Waals surface area contributed by atoms with E-state index in [0.29, 0.717) is 0 Å². The Balaban J connectivity index is 1.86. The molecule has 3 nitrogen and oxygen atoms in total. The summed E-state index contributed by atoms with van der Waals surface area (Å²) in [5.74, 6) is 0. The molecule has 1 aliphatic carbocycles. The first-order chi connectivity index (χ1) is 5.76. The summed E-state index contributed by atoms with van der Waals surface area (Å²) in [6.45, 7) is 4.04. The summed E-state index contributed by atoms with van der Waals surface area (Å²) in [5.41, 5.74) is 0.213. The second-order valence-electron chi connectivity index (χ2n) is 3.99. The molecule has 1 saturated carbocycles. The fourth-order valence-electron chi connectivity index (χ4n) is 1.75. The Labute approximate surface area is 73.1 Å². The first-order valence-electron chi connectivity index (χ1n) is 4.83. The lowest BCUT2D eigenvalue weighted by atomic mass is 10.3. The van der Waals surface area contributed by atoms with Crippen LogP contribution in [0.5, 0.6) is 0 Å². The molecule has 0 aromatic heterocycles. The Bertz CT molecular complexity index is 199. The normalized spacial score (nSPS) is 24.8. The van der Waals surface area contributed by atoms with E-state index < -0.39 is 0 Å². The quantitative estimate of drug-likeness (QED) is 0.677. The molecule has 0 aromatic carbocycles. The van der Waals surface area contributed by atoms with Gasteiger partial charge in [0.05, 0.1) is 5.54 Å². The van der Waals surface area contributed by atoms with Crippen molar-refractivity contribution in [1.29, 1.82) is 0 Å². The van der Waals surface area contributed by atoms with E-state index in [1.54, 1.807) is 0 Å². The molecule has 1 spiro atoms. The summed E-state index contributed by atoms with van der Waals surface area (Å²) in [5, 5.41) is 3.05. The third kappa shape index (κ3) is 1.28. The number of rotatable bonds is 3. The first-order valence-corrected chi connectivity index (χ1v) is 4.83. The zero-order valence-corrected chi connectivity index (χ0v) is 7.60. The molecule has 2 aliphatic rings. The minimum Gasteiger partial charge on any atom is -0.331 e. The third-order valence-electron chi connectivity index (χ3n) is 2.79. The van der Waals surface area contributed by atoms with Crippen LogP contribution in [0.25, 0.3) is 0 Å². The maximum Gasteiger partial charge on any atom is 0.317 e. The van der Waals surface area contributed by atoms with Crippen LogP contribution in [0.2, 0.25) is 0 Å². The van der Waals surface area contributed by atoms with Gasteiger partial charge in [-0.05, 0) is 19.3 Å². The predicted octanol–water partition coefficient (Wildman–Crippen LogP) is 1.34. The highest BCUT2D eigenvalue weighted by atomic mass is 16.2. The minimum atomic E-state index is 0.154. The number of nitrogens with zero attached hydrogens (tertiary/aromatic N) is 1. The predicted molar refractivity (Wildman–Crippen MR) is 47.0 cm³/mol. The van der Waals surface area contributed by atoms with E-state index in [4.69, 9.17) is 0 Å². The van der Waals surface area contributed by atoms with Crippen LogP contribution in [-0.4, -0.2) is 29.6 Å². The van der Waals surface area contributed by atoms with Crippen molar-refractivity contribution in [2.24, 2.45) is 0 Å². The molecule has 2 amide bonds. The first kappa shape index (κ1) is 7.90. The maximum atomic E-state index is 11.4. The summed E-state index contributed by atoms with van der Waals surface area (Å²) < 4.78 is 0. The molecule has 2 rings (SSSR count). The summed E-state index contributed by atoms with van der Waals surface area (Å²) in [4.78, 5) is 13.3. The number of hydrogen-bond donors (Lipinski definition) is 1. The van der Waals surface area contributed by atoms with E-state index in [2.05, 4.69) is 12.2 Å². The van der Waals surface area contributed by atoms with Crippen molar-refractivity contribution in [2.75, 3.05) is 13.1 Å². The van der Waals surface area contributed by atoms with Crippen LogP contribution in [0, 0.1) is 0 Å². The molecule has 1 heterocycles. The fourth-order valence-corrected chi connectivity index (χ4v) is 1.75. The summed E-state index contributed by atoms with van der Waals surface area (Å²) in [6, 6.07) is 0.154. The SMILES string of the molecule is CCCCN1CC2(CC2)NC1=O. The lowest BCUT2D eigenvalue weighted by Crippen LogP contribution is -2.29. The van der Waals surface area contributed by atoms with E-state index in [0.717, 1.165) is 25.9 Å². The maximum absolute atomic E-state index is 11.4.